The van der Waals surface area contributed by atoms with E-state index < -0.39 is 0 Å². The molecule has 0 spiro atoms. The summed E-state index contributed by atoms with van der Waals surface area (Å²) in [5.74, 6) is -0.123. The van der Waals surface area contributed by atoms with E-state index in [0.29, 0.717) is 6.04 Å². The zero-order valence-corrected chi connectivity index (χ0v) is 12.8. The van der Waals surface area contributed by atoms with Gasteiger partial charge in [0.05, 0.1) is 5.69 Å². The van der Waals surface area contributed by atoms with Crippen LogP contribution in [-0.2, 0) is 6.42 Å². The van der Waals surface area contributed by atoms with Crippen molar-refractivity contribution in [2.75, 3.05) is 31.6 Å². The molecule has 3 nitrogen and oxygen atoms in total. The Bertz CT molecular complexity index is 449. The van der Waals surface area contributed by atoms with Gasteiger partial charge in [0.25, 0.3) is 0 Å². The summed E-state index contributed by atoms with van der Waals surface area (Å²) in [6.45, 7) is 6.97. The zero-order valence-electron chi connectivity index (χ0n) is 12.8. The van der Waals surface area contributed by atoms with Gasteiger partial charge in [-0.1, -0.05) is 13.0 Å². The molecule has 0 aliphatic carbocycles. The van der Waals surface area contributed by atoms with Gasteiger partial charge in [-0.15, -0.1) is 0 Å². The van der Waals surface area contributed by atoms with Crippen LogP contribution in [0.4, 0.5) is 10.1 Å². The van der Waals surface area contributed by atoms with Crippen LogP contribution in [0, 0.1) is 5.82 Å². The van der Waals surface area contributed by atoms with E-state index in [1.807, 2.05) is 12.1 Å². The molecule has 2 unspecified atom stereocenters. The van der Waals surface area contributed by atoms with Crippen molar-refractivity contribution in [3.05, 3.63) is 29.6 Å². The number of rotatable bonds is 4. The molecule has 1 aromatic carbocycles. The number of nitrogens with two attached hydrogens (primary N) is 1. The fourth-order valence-electron chi connectivity index (χ4n) is 2.65. The summed E-state index contributed by atoms with van der Waals surface area (Å²) in [5, 5.41) is 0. The van der Waals surface area contributed by atoms with E-state index in [0.717, 1.165) is 43.7 Å². The van der Waals surface area contributed by atoms with Gasteiger partial charge in [0, 0.05) is 31.7 Å². The van der Waals surface area contributed by atoms with Gasteiger partial charge in [-0.25, -0.2) is 4.39 Å². The second-order valence-corrected chi connectivity index (χ2v) is 5.93. The molecular weight excluding hydrogens is 253 g/mol. The molecule has 0 radical (unpaired) electrons. The van der Waals surface area contributed by atoms with Crippen LogP contribution in [0.2, 0.25) is 0 Å². The highest BCUT2D eigenvalue weighted by molar-refractivity contribution is 5.50. The molecule has 20 heavy (non-hydrogen) atoms. The van der Waals surface area contributed by atoms with Crippen molar-refractivity contribution in [2.45, 2.75) is 38.8 Å². The molecule has 112 valence electrons. The minimum absolute atomic E-state index is 0.115. The number of nitrogens with zero attached hydrogens (tertiary/aromatic N) is 2. The Morgan fingerprint density at radius 1 is 1.40 bits per heavy atom. The van der Waals surface area contributed by atoms with E-state index in [1.54, 1.807) is 6.07 Å². The van der Waals surface area contributed by atoms with Crippen LogP contribution in [0.15, 0.2) is 18.2 Å². The molecule has 1 aromatic rings. The van der Waals surface area contributed by atoms with Crippen LogP contribution >= 0.6 is 0 Å². The lowest BCUT2D eigenvalue weighted by Crippen LogP contribution is -2.50. The molecule has 0 bridgehead atoms. The number of piperazine rings is 1. The van der Waals surface area contributed by atoms with E-state index in [2.05, 4.69) is 30.7 Å². The first-order valence-electron chi connectivity index (χ1n) is 7.50. The first-order chi connectivity index (χ1) is 9.51. The molecule has 2 rings (SSSR count). The molecule has 4 heteroatoms. The fourth-order valence-corrected chi connectivity index (χ4v) is 2.65. The van der Waals surface area contributed by atoms with Gasteiger partial charge in [-0.05, 0) is 44.5 Å². The lowest BCUT2D eigenvalue weighted by molar-refractivity contribution is 0.233. The Labute approximate surface area is 121 Å². The fraction of sp³-hybridized carbons (Fsp3) is 0.625. The SMILES string of the molecule is CCC(N)Cc1ccc(N2CCN(C)C(C)C2)c(F)c1. The molecule has 1 heterocycles. The van der Waals surface area contributed by atoms with Gasteiger partial charge >= 0.3 is 0 Å². The normalized spacial score (nSPS) is 22.1. The lowest BCUT2D eigenvalue weighted by Gasteiger charge is -2.39. The molecule has 1 aliphatic rings. The number of halogens is 1. The van der Waals surface area contributed by atoms with E-state index in [9.17, 15) is 4.39 Å². The van der Waals surface area contributed by atoms with Gasteiger partial charge in [-0.3, -0.25) is 0 Å². The monoisotopic (exact) mass is 279 g/mol. The summed E-state index contributed by atoms with van der Waals surface area (Å²) in [7, 11) is 2.12. The van der Waals surface area contributed by atoms with Crippen molar-refractivity contribution in [3.63, 3.8) is 0 Å². The van der Waals surface area contributed by atoms with Crippen molar-refractivity contribution >= 4 is 5.69 Å². The first-order valence-corrected chi connectivity index (χ1v) is 7.50. The Hall–Kier alpha value is -1.13. The first kappa shape index (κ1) is 15.3. The average molecular weight is 279 g/mol. The maximum absolute atomic E-state index is 14.3. The third-order valence-electron chi connectivity index (χ3n) is 4.33. The van der Waals surface area contributed by atoms with Crippen LogP contribution in [0.1, 0.15) is 25.8 Å². The molecule has 0 aromatic heterocycles. The van der Waals surface area contributed by atoms with Crippen molar-refractivity contribution in [1.29, 1.82) is 0 Å². The summed E-state index contributed by atoms with van der Waals surface area (Å²) >= 11 is 0. The van der Waals surface area contributed by atoms with Crippen LogP contribution in [0.3, 0.4) is 0 Å². The highest BCUT2D eigenvalue weighted by atomic mass is 19.1. The molecule has 2 N–H and O–H groups in total. The Kier molecular flexibility index (Phi) is 5.00. The summed E-state index contributed by atoms with van der Waals surface area (Å²) in [6.07, 6.45) is 1.66. The molecule has 1 fully saturated rings. The summed E-state index contributed by atoms with van der Waals surface area (Å²) in [6, 6.07) is 6.13. The summed E-state index contributed by atoms with van der Waals surface area (Å²) in [5.41, 5.74) is 7.64. The highest BCUT2D eigenvalue weighted by Crippen LogP contribution is 2.23. The summed E-state index contributed by atoms with van der Waals surface area (Å²) in [4.78, 5) is 4.45. The molecule has 1 aliphatic heterocycles. The molecule has 1 saturated heterocycles. The van der Waals surface area contributed by atoms with Crippen molar-refractivity contribution < 1.29 is 4.39 Å². The van der Waals surface area contributed by atoms with Gasteiger partial charge in [0.2, 0.25) is 0 Å². The molecule has 2 atom stereocenters. The second kappa shape index (κ2) is 6.55. The maximum Gasteiger partial charge on any atom is 0.146 e. The number of anilines is 1. The highest BCUT2D eigenvalue weighted by Gasteiger charge is 2.22. The van der Waals surface area contributed by atoms with E-state index in [1.165, 1.54) is 0 Å². The molecule has 0 saturated carbocycles. The van der Waals surface area contributed by atoms with Crippen molar-refractivity contribution in [3.8, 4) is 0 Å². The van der Waals surface area contributed by atoms with Gasteiger partial charge in [-0.2, -0.15) is 0 Å². The van der Waals surface area contributed by atoms with Crippen LogP contribution < -0.4 is 10.6 Å². The lowest BCUT2D eigenvalue weighted by atomic mass is 10.0. The number of hydrogen-bond donors (Lipinski definition) is 1. The largest absolute Gasteiger partial charge is 0.366 e. The maximum atomic E-state index is 14.3. The van der Waals surface area contributed by atoms with Gasteiger partial charge < -0.3 is 15.5 Å². The zero-order chi connectivity index (χ0) is 14.7. The third-order valence-corrected chi connectivity index (χ3v) is 4.33. The molecular formula is C16H26FN3. The van der Waals surface area contributed by atoms with E-state index in [-0.39, 0.29) is 11.9 Å². The Morgan fingerprint density at radius 2 is 2.15 bits per heavy atom. The average Bonchev–Trinajstić information content (AvgIpc) is 2.42. The predicted molar refractivity (Wildman–Crippen MR) is 82.7 cm³/mol. The summed E-state index contributed by atoms with van der Waals surface area (Å²) < 4.78 is 14.3. The minimum Gasteiger partial charge on any atom is -0.366 e. The van der Waals surface area contributed by atoms with E-state index in [4.69, 9.17) is 5.73 Å². The van der Waals surface area contributed by atoms with E-state index >= 15 is 0 Å². The van der Waals surface area contributed by atoms with Gasteiger partial charge in [0.1, 0.15) is 5.82 Å². The second-order valence-electron chi connectivity index (χ2n) is 5.93. The van der Waals surface area contributed by atoms with Crippen LogP contribution in [-0.4, -0.2) is 43.7 Å². The quantitative estimate of drug-likeness (QED) is 0.917. The number of hydrogen-bond acceptors (Lipinski definition) is 3. The minimum atomic E-state index is -0.123. The van der Waals surface area contributed by atoms with Gasteiger partial charge in [0.15, 0.2) is 0 Å². The third kappa shape index (κ3) is 3.49. The van der Waals surface area contributed by atoms with Crippen molar-refractivity contribution in [1.82, 2.24) is 4.90 Å². The Morgan fingerprint density at radius 3 is 2.75 bits per heavy atom. The number of likely N-dealkylation sites (N-methyl/N-ethyl adjacent to an activating group) is 1. The standard InChI is InChI=1S/C16H26FN3/c1-4-14(18)9-13-5-6-16(15(17)10-13)20-8-7-19(3)12(2)11-20/h5-6,10,12,14H,4,7-9,11,18H2,1-3H3. The van der Waals surface area contributed by atoms with Crippen LogP contribution in [0.25, 0.3) is 0 Å². The molecule has 0 amide bonds. The number of benzene rings is 1. The topological polar surface area (TPSA) is 32.5 Å². The van der Waals surface area contributed by atoms with Crippen molar-refractivity contribution in [2.24, 2.45) is 5.73 Å². The Balaban J connectivity index is 2.09. The predicted octanol–water partition coefficient (Wildman–Crippen LogP) is 2.25. The smallest absolute Gasteiger partial charge is 0.146 e. The van der Waals surface area contributed by atoms with Crippen LogP contribution in [0.5, 0.6) is 0 Å².